The van der Waals surface area contributed by atoms with Crippen molar-refractivity contribution in [1.29, 1.82) is 0 Å². The van der Waals surface area contributed by atoms with Crippen molar-refractivity contribution < 1.29 is 9.53 Å². The van der Waals surface area contributed by atoms with Crippen molar-refractivity contribution >= 4 is 23.2 Å². The maximum atomic E-state index is 12.9. The molecule has 7 heteroatoms. The Morgan fingerprint density at radius 2 is 1.93 bits per heavy atom. The van der Waals surface area contributed by atoms with Crippen molar-refractivity contribution in [1.82, 2.24) is 10.3 Å². The first-order chi connectivity index (χ1) is 14.3. The molecular formula is C23H30ClN3O3. The second-order valence-electron chi connectivity index (χ2n) is 8.13. The molecule has 1 unspecified atom stereocenters. The largest absolute Gasteiger partial charge is 0.382 e. The van der Waals surface area contributed by atoms with E-state index in [0.717, 1.165) is 48.6 Å². The van der Waals surface area contributed by atoms with Crippen LogP contribution in [0.2, 0.25) is 5.02 Å². The number of benzene rings is 1. The average Bonchev–Trinajstić information content (AvgIpc) is 2.70. The van der Waals surface area contributed by atoms with Crippen molar-refractivity contribution in [2.24, 2.45) is 5.92 Å². The number of anilines is 1. The fourth-order valence-electron chi connectivity index (χ4n) is 4.01. The molecule has 1 amide bonds. The Labute approximate surface area is 182 Å². The van der Waals surface area contributed by atoms with Gasteiger partial charge in [-0.15, -0.1) is 0 Å². The SMILES string of the molecule is Cc1cc(C)c(CNC(=O)c2cc(Cl)cc(NC(C)C3CCOCC3)c2C)c(=O)[nH]1. The third kappa shape index (κ3) is 5.24. The van der Waals surface area contributed by atoms with Gasteiger partial charge in [0.15, 0.2) is 0 Å². The van der Waals surface area contributed by atoms with E-state index in [-0.39, 0.29) is 24.1 Å². The molecule has 2 heterocycles. The van der Waals surface area contributed by atoms with Gasteiger partial charge in [-0.05, 0) is 75.8 Å². The van der Waals surface area contributed by atoms with Crippen LogP contribution in [0.1, 0.15) is 52.5 Å². The predicted molar refractivity (Wildman–Crippen MR) is 121 cm³/mol. The number of aromatic nitrogens is 1. The number of aromatic amines is 1. The van der Waals surface area contributed by atoms with Crippen LogP contribution in [0.25, 0.3) is 0 Å². The summed E-state index contributed by atoms with van der Waals surface area (Å²) in [5.41, 5.74) is 4.23. The number of nitrogens with one attached hydrogen (secondary N) is 3. The van der Waals surface area contributed by atoms with E-state index in [9.17, 15) is 9.59 Å². The lowest BCUT2D eigenvalue weighted by atomic mass is 9.92. The first kappa shape index (κ1) is 22.4. The lowest BCUT2D eigenvalue weighted by Gasteiger charge is -2.30. The molecule has 1 aromatic carbocycles. The van der Waals surface area contributed by atoms with E-state index >= 15 is 0 Å². The molecule has 162 valence electrons. The molecule has 0 bridgehead atoms. The van der Waals surface area contributed by atoms with Gasteiger partial charge in [-0.2, -0.15) is 0 Å². The highest BCUT2D eigenvalue weighted by molar-refractivity contribution is 6.31. The van der Waals surface area contributed by atoms with E-state index in [1.165, 1.54) is 0 Å². The van der Waals surface area contributed by atoms with Crippen molar-refractivity contribution in [2.75, 3.05) is 18.5 Å². The number of H-pyrrole nitrogens is 1. The number of ether oxygens (including phenoxy) is 1. The molecule has 0 aliphatic carbocycles. The van der Waals surface area contributed by atoms with Crippen LogP contribution in [-0.2, 0) is 11.3 Å². The molecule has 30 heavy (non-hydrogen) atoms. The minimum atomic E-state index is -0.254. The standard InChI is InChI=1S/C23H30ClN3O3/c1-13-9-14(2)26-23(29)20(13)12-25-22(28)19-10-18(24)11-21(15(19)3)27-16(4)17-5-7-30-8-6-17/h9-11,16-17,27H,5-8,12H2,1-4H3,(H,25,28)(H,26,29). The Kier molecular flexibility index (Phi) is 7.21. The number of rotatable bonds is 6. The predicted octanol–water partition coefficient (Wildman–Crippen LogP) is 4.11. The number of hydrogen-bond donors (Lipinski definition) is 3. The summed E-state index contributed by atoms with van der Waals surface area (Å²) in [6.45, 7) is 9.51. The van der Waals surface area contributed by atoms with Gasteiger partial charge in [0, 0.05) is 53.3 Å². The summed E-state index contributed by atoms with van der Waals surface area (Å²) in [5.74, 6) is 0.266. The number of halogens is 1. The fourth-order valence-corrected chi connectivity index (χ4v) is 4.23. The van der Waals surface area contributed by atoms with Crippen LogP contribution in [-0.4, -0.2) is 30.1 Å². The molecule has 2 aromatic rings. The quantitative estimate of drug-likeness (QED) is 0.642. The summed E-state index contributed by atoms with van der Waals surface area (Å²) in [4.78, 5) is 27.9. The minimum absolute atomic E-state index is 0.160. The van der Waals surface area contributed by atoms with Gasteiger partial charge in [0.25, 0.3) is 11.5 Å². The van der Waals surface area contributed by atoms with Gasteiger partial charge < -0.3 is 20.4 Å². The Bertz CT molecular complexity index is 980. The summed E-state index contributed by atoms with van der Waals surface area (Å²) in [6.07, 6.45) is 2.04. The Morgan fingerprint density at radius 3 is 2.60 bits per heavy atom. The average molecular weight is 432 g/mol. The van der Waals surface area contributed by atoms with Gasteiger partial charge in [0.05, 0.1) is 0 Å². The zero-order chi connectivity index (χ0) is 21.8. The fraction of sp³-hybridized carbons (Fsp3) is 0.478. The number of pyridine rings is 1. The third-order valence-electron chi connectivity index (χ3n) is 5.89. The van der Waals surface area contributed by atoms with Crippen LogP contribution in [0, 0.1) is 26.7 Å². The third-order valence-corrected chi connectivity index (χ3v) is 6.11. The zero-order valence-corrected chi connectivity index (χ0v) is 18.8. The molecule has 1 fully saturated rings. The van der Waals surface area contributed by atoms with Gasteiger partial charge in [0.2, 0.25) is 0 Å². The van der Waals surface area contributed by atoms with E-state index in [1.807, 2.05) is 32.9 Å². The van der Waals surface area contributed by atoms with Crippen LogP contribution in [0.3, 0.4) is 0 Å². The van der Waals surface area contributed by atoms with Gasteiger partial charge in [0.1, 0.15) is 0 Å². The van der Waals surface area contributed by atoms with Crippen LogP contribution in [0.4, 0.5) is 5.69 Å². The van der Waals surface area contributed by atoms with Gasteiger partial charge in [-0.25, -0.2) is 0 Å². The summed E-state index contributed by atoms with van der Waals surface area (Å²) in [6, 6.07) is 5.67. The van der Waals surface area contributed by atoms with Crippen LogP contribution in [0.5, 0.6) is 0 Å². The monoisotopic (exact) mass is 431 g/mol. The number of amides is 1. The smallest absolute Gasteiger partial charge is 0.253 e. The second-order valence-corrected chi connectivity index (χ2v) is 8.57. The van der Waals surface area contributed by atoms with Gasteiger partial charge >= 0.3 is 0 Å². The molecule has 1 aromatic heterocycles. The molecule has 0 saturated carbocycles. The topological polar surface area (TPSA) is 83.2 Å². The van der Waals surface area contributed by atoms with Crippen molar-refractivity contribution in [3.05, 3.63) is 61.5 Å². The van der Waals surface area contributed by atoms with Crippen LogP contribution >= 0.6 is 11.6 Å². The summed E-state index contributed by atoms with van der Waals surface area (Å²) in [5, 5.41) is 6.90. The highest BCUT2D eigenvalue weighted by Crippen LogP contribution is 2.28. The van der Waals surface area contributed by atoms with Crippen LogP contribution < -0.4 is 16.2 Å². The number of carbonyl (C=O) groups excluding carboxylic acids is 1. The lowest BCUT2D eigenvalue weighted by molar-refractivity contribution is 0.0622. The number of carbonyl (C=O) groups is 1. The maximum absolute atomic E-state index is 12.9. The van der Waals surface area contributed by atoms with E-state index in [2.05, 4.69) is 22.5 Å². The summed E-state index contributed by atoms with van der Waals surface area (Å²) in [7, 11) is 0. The molecule has 6 nitrogen and oxygen atoms in total. The van der Waals surface area contributed by atoms with E-state index in [4.69, 9.17) is 16.3 Å². The van der Waals surface area contributed by atoms with Crippen molar-refractivity contribution in [3.63, 3.8) is 0 Å². The van der Waals surface area contributed by atoms with Crippen molar-refractivity contribution in [3.8, 4) is 0 Å². The zero-order valence-electron chi connectivity index (χ0n) is 18.0. The van der Waals surface area contributed by atoms with Crippen molar-refractivity contribution in [2.45, 2.75) is 53.1 Å². The highest BCUT2D eigenvalue weighted by Gasteiger charge is 2.22. The Morgan fingerprint density at radius 1 is 1.23 bits per heavy atom. The normalized spacial score (nSPS) is 15.6. The molecule has 1 aliphatic rings. The Hall–Kier alpha value is -2.31. The lowest BCUT2D eigenvalue weighted by Crippen LogP contribution is -2.32. The summed E-state index contributed by atoms with van der Waals surface area (Å²) < 4.78 is 5.45. The van der Waals surface area contributed by atoms with Crippen LogP contribution in [0.15, 0.2) is 23.0 Å². The highest BCUT2D eigenvalue weighted by atomic mass is 35.5. The van der Waals surface area contributed by atoms with Gasteiger partial charge in [-0.3, -0.25) is 9.59 Å². The first-order valence-electron chi connectivity index (χ1n) is 10.4. The molecule has 3 rings (SSSR count). The van der Waals surface area contributed by atoms with E-state index < -0.39 is 0 Å². The van der Waals surface area contributed by atoms with Gasteiger partial charge in [-0.1, -0.05) is 11.6 Å². The van der Waals surface area contributed by atoms with E-state index in [1.54, 1.807) is 6.07 Å². The second kappa shape index (κ2) is 9.67. The van der Waals surface area contributed by atoms with E-state index in [0.29, 0.717) is 22.1 Å². The number of hydrogen-bond acceptors (Lipinski definition) is 4. The molecule has 0 radical (unpaired) electrons. The molecule has 1 saturated heterocycles. The molecule has 1 atom stereocenters. The minimum Gasteiger partial charge on any atom is -0.382 e. The number of aryl methyl sites for hydroxylation is 2. The first-order valence-corrected chi connectivity index (χ1v) is 10.8. The summed E-state index contributed by atoms with van der Waals surface area (Å²) >= 11 is 6.33. The molecule has 3 N–H and O–H groups in total. The Balaban J connectivity index is 1.75. The molecular weight excluding hydrogens is 402 g/mol. The maximum Gasteiger partial charge on any atom is 0.253 e. The molecule has 0 spiro atoms. The molecule has 1 aliphatic heterocycles.